The Kier molecular flexibility index (Phi) is 5.76. The van der Waals surface area contributed by atoms with Gasteiger partial charge in [0.1, 0.15) is 17.8 Å². The van der Waals surface area contributed by atoms with Crippen molar-refractivity contribution in [3.63, 3.8) is 0 Å². The van der Waals surface area contributed by atoms with E-state index in [1.54, 1.807) is 53.4 Å². The number of carbonyl (C=O) groups is 1. The van der Waals surface area contributed by atoms with Gasteiger partial charge in [-0.2, -0.15) is 0 Å². The molecular formula is C22H22N8O4. The number of aliphatic hydroxyl groups is 2. The number of hydrogen-bond donors (Lipinski definition) is 5. The molecule has 0 aliphatic carbocycles. The van der Waals surface area contributed by atoms with E-state index in [-0.39, 0.29) is 18.8 Å². The number of aromatic nitrogens is 5. The van der Waals surface area contributed by atoms with Crippen LogP contribution >= 0.6 is 0 Å². The molecule has 174 valence electrons. The van der Waals surface area contributed by atoms with Crippen LogP contribution in [-0.4, -0.2) is 59.6 Å². The maximum atomic E-state index is 12.2. The van der Waals surface area contributed by atoms with Crippen LogP contribution in [0.3, 0.4) is 0 Å². The van der Waals surface area contributed by atoms with Crippen LogP contribution in [0.2, 0.25) is 0 Å². The lowest BCUT2D eigenvalue weighted by atomic mass is 10.2. The zero-order chi connectivity index (χ0) is 23.7. The molecule has 3 atom stereocenters. The number of fused-ring (bicyclic) bond motifs is 1. The molecule has 1 aromatic carbocycles. The molecule has 0 spiro atoms. The van der Waals surface area contributed by atoms with Gasteiger partial charge in [-0.3, -0.25) is 9.55 Å². The molecule has 34 heavy (non-hydrogen) atoms. The maximum Gasteiger partial charge on any atom is 0.323 e. The van der Waals surface area contributed by atoms with Gasteiger partial charge in [0.05, 0.1) is 30.9 Å². The molecule has 1 aliphatic heterocycles. The average molecular weight is 462 g/mol. The summed E-state index contributed by atoms with van der Waals surface area (Å²) in [6, 6.07) is 10.0. The SMILES string of the molecule is Nc1nc(-c2ccc(NC(=O)Nc3cccnc3)cc2)nc2c1ncn2[C@H]1CC(O)[C@@H](CO)O1. The number of benzene rings is 1. The number of nitrogen functional groups attached to an aromatic ring is 1. The van der Waals surface area contributed by atoms with Gasteiger partial charge in [-0.15, -0.1) is 0 Å². The van der Waals surface area contributed by atoms with Crippen LogP contribution in [0.4, 0.5) is 22.0 Å². The van der Waals surface area contributed by atoms with Gasteiger partial charge in [0, 0.05) is 23.9 Å². The van der Waals surface area contributed by atoms with Crippen molar-refractivity contribution in [3.05, 3.63) is 55.1 Å². The molecule has 12 heteroatoms. The molecule has 1 unspecified atom stereocenters. The fraction of sp³-hybridized carbons (Fsp3) is 0.227. The minimum atomic E-state index is -0.790. The van der Waals surface area contributed by atoms with E-state index >= 15 is 0 Å². The zero-order valence-electron chi connectivity index (χ0n) is 17.9. The second-order valence-corrected chi connectivity index (χ2v) is 7.77. The van der Waals surface area contributed by atoms with E-state index in [0.717, 1.165) is 0 Å². The Bertz CT molecular complexity index is 1310. The number of nitrogens with one attached hydrogen (secondary N) is 2. The van der Waals surface area contributed by atoms with Crippen molar-refractivity contribution in [2.24, 2.45) is 0 Å². The highest BCUT2D eigenvalue weighted by Gasteiger charge is 2.35. The van der Waals surface area contributed by atoms with Gasteiger partial charge in [-0.25, -0.2) is 19.7 Å². The Hall–Kier alpha value is -4.13. The summed E-state index contributed by atoms with van der Waals surface area (Å²) >= 11 is 0. The molecule has 6 N–H and O–H groups in total. The number of nitrogens with two attached hydrogens (primary N) is 1. The standard InChI is InChI=1S/C22H22N8O4/c23-19-18-21(30(11-25-18)17-8-15(32)16(10-31)34-17)29-20(28-19)12-3-5-13(6-4-12)26-22(33)27-14-2-1-7-24-9-14/h1-7,9,11,15-17,31-32H,8,10H2,(H2,23,28,29)(H2,26,27,33)/t15?,16-,17-/m1/s1. The van der Waals surface area contributed by atoms with Gasteiger partial charge >= 0.3 is 6.03 Å². The Morgan fingerprint density at radius 2 is 1.97 bits per heavy atom. The fourth-order valence-corrected chi connectivity index (χ4v) is 3.76. The summed E-state index contributed by atoms with van der Waals surface area (Å²) in [6.45, 7) is -0.284. The monoisotopic (exact) mass is 462 g/mol. The predicted octanol–water partition coefficient (Wildman–Crippen LogP) is 1.76. The molecule has 12 nitrogen and oxygen atoms in total. The van der Waals surface area contributed by atoms with Crippen LogP contribution in [0.1, 0.15) is 12.6 Å². The van der Waals surface area contributed by atoms with Crippen LogP contribution < -0.4 is 16.4 Å². The summed E-state index contributed by atoms with van der Waals surface area (Å²) in [7, 11) is 0. The van der Waals surface area contributed by atoms with E-state index in [0.29, 0.717) is 33.9 Å². The topological polar surface area (TPSA) is 173 Å². The van der Waals surface area contributed by atoms with Crippen LogP contribution in [-0.2, 0) is 4.74 Å². The van der Waals surface area contributed by atoms with Crippen molar-refractivity contribution < 1.29 is 19.7 Å². The third-order valence-electron chi connectivity index (χ3n) is 5.46. The summed E-state index contributed by atoms with van der Waals surface area (Å²) in [4.78, 5) is 29.4. The number of urea groups is 1. The average Bonchev–Trinajstić information content (AvgIpc) is 3.43. The lowest BCUT2D eigenvalue weighted by molar-refractivity contribution is -0.0432. The molecule has 4 heterocycles. The van der Waals surface area contributed by atoms with Crippen LogP contribution in [0.5, 0.6) is 0 Å². The smallest absolute Gasteiger partial charge is 0.323 e. The Morgan fingerprint density at radius 3 is 2.68 bits per heavy atom. The van der Waals surface area contributed by atoms with E-state index in [4.69, 9.17) is 10.5 Å². The van der Waals surface area contributed by atoms with Crippen molar-refractivity contribution in [2.75, 3.05) is 23.0 Å². The first-order valence-corrected chi connectivity index (χ1v) is 10.5. The minimum Gasteiger partial charge on any atom is -0.394 e. The lowest BCUT2D eigenvalue weighted by Crippen LogP contribution is -2.24. The van der Waals surface area contributed by atoms with E-state index in [1.807, 2.05) is 0 Å². The number of carbonyl (C=O) groups excluding carboxylic acids is 1. The highest BCUT2D eigenvalue weighted by Crippen LogP contribution is 2.32. The van der Waals surface area contributed by atoms with Crippen molar-refractivity contribution in [3.8, 4) is 11.4 Å². The summed E-state index contributed by atoms with van der Waals surface area (Å²) in [5, 5.41) is 24.9. The molecular weight excluding hydrogens is 440 g/mol. The number of ether oxygens (including phenoxy) is 1. The second-order valence-electron chi connectivity index (χ2n) is 7.77. The normalized spacial score (nSPS) is 19.9. The molecule has 1 saturated heterocycles. The van der Waals surface area contributed by atoms with Gasteiger partial charge in [0.2, 0.25) is 0 Å². The summed E-state index contributed by atoms with van der Waals surface area (Å²) in [6.07, 6.45) is 2.99. The third-order valence-corrected chi connectivity index (χ3v) is 5.46. The van der Waals surface area contributed by atoms with Crippen LogP contribution in [0.15, 0.2) is 55.1 Å². The fourth-order valence-electron chi connectivity index (χ4n) is 3.76. The van der Waals surface area contributed by atoms with Gasteiger partial charge < -0.3 is 31.3 Å². The van der Waals surface area contributed by atoms with Crippen molar-refractivity contribution in [1.29, 1.82) is 0 Å². The van der Waals surface area contributed by atoms with E-state index < -0.39 is 24.5 Å². The molecule has 0 bridgehead atoms. The lowest BCUT2D eigenvalue weighted by Gasteiger charge is -2.14. The van der Waals surface area contributed by atoms with E-state index in [1.165, 1.54) is 6.33 Å². The maximum absolute atomic E-state index is 12.2. The molecule has 4 aromatic rings. The third kappa shape index (κ3) is 4.24. The molecule has 0 saturated carbocycles. The Labute approximate surface area is 193 Å². The molecule has 0 radical (unpaired) electrons. The number of anilines is 3. The van der Waals surface area contributed by atoms with Gasteiger partial charge in [0.25, 0.3) is 0 Å². The van der Waals surface area contributed by atoms with Gasteiger partial charge in [-0.05, 0) is 36.4 Å². The molecule has 1 aliphatic rings. The number of aliphatic hydroxyl groups excluding tert-OH is 2. The number of pyridine rings is 1. The van der Waals surface area contributed by atoms with E-state index in [2.05, 4.69) is 30.6 Å². The number of amides is 2. The first-order valence-electron chi connectivity index (χ1n) is 10.5. The minimum absolute atomic E-state index is 0.203. The van der Waals surface area contributed by atoms with Crippen LogP contribution in [0.25, 0.3) is 22.6 Å². The first-order chi connectivity index (χ1) is 16.5. The highest BCUT2D eigenvalue weighted by atomic mass is 16.5. The number of hydrogen-bond acceptors (Lipinski definition) is 9. The van der Waals surface area contributed by atoms with E-state index in [9.17, 15) is 15.0 Å². The molecule has 2 amide bonds. The summed E-state index contributed by atoms with van der Waals surface area (Å²) in [5.74, 6) is 0.574. The Balaban J connectivity index is 1.36. The van der Waals surface area contributed by atoms with Crippen molar-refractivity contribution in [1.82, 2.24) is 24.5 Å². The largest absolute Gasteiger partial charge is 0.394 e. The number of imidazole rings is 1. The first kappa shape index (κ1) is 21.7. The second kappa shape index (κ2) is 9.02. The molecule has 5 rings (SSSR count). The summed E-state index contributed by atoms with van der Waals surface area (Å²) in [5.41, 5.74) is 8.84. The quantitative estimate of drug-likeness (QED) is 0.296. The number of nitrogens with zero attached hydrogens (tertiary/aromatic N) is 5. The zero-order valence-corrected chi connectivity index (χ0v) is 17.9. The molecule has 1 fully saturated rings. The van der Waals surface area contributed by atoms with Crippen LogP contribution in [0, 0.1) is 0 Å². The van der Waals surface area contributed by atoms with Gasteiger partial charge in [0.15, 0.2) is 17.3 Å². The Morgan fingerprint density at radius 1 is 1.18 bits per heavy atom. The summed E-state index contributed by atoms with van der Waals surface area (Å²) < 4.78 is 7.40. The van der Waals surface area contributed by atoms with Gasteiger partial charge in [-0.1, -0.05) is 0 Å². The molecule has 3 aromatic heterocycles. The van der Waals surface area contributed by atoms with Crippen molar-refractivity contribution in [2.45, 2.75) is 24.9 Å². The highest BCUT2D eigenvalue weighted by molar-refractivity contribution is 5.99. The van der Waals surface area contributed by atoms with Crippen molar-refractivity contribution >= 4 is 34.4 Å². The number of rotatable bonds is 5. The predicted molar refractivity (Wildman–Crippen MR) is 124 cm³/mol.